The molecule has 4 nitrogen and oxygen atoms in total. The van der Waals surface area contributed by atoms with Gasteiger partial charge in [0.05, 0.1) is 13.0 Å². The van der Waals surface area contributed by atoms with E-state index in [1.807, 2.05) is 0 Å². The number of carboxylic acid groups (broad SMARTS) is 1. The van der Waals surface area contributed by atoms with E-state index in [1.165, 1.54) is 11.8 Å². The standard InChI is InChI=1S/C8H11BrO4S/c1-2-13-8(12)6(9)5-14-4-3-7(10)11/h5H,2-4H2,1H3,(H,10,11)/b6-5-. The minimum atomic E-state index is -0.849. The molecule has 0 unspecified atom stereocenters. The van der Waals surface area contributed by atoms with Crippen LogP contribution in [0.1, 0.15) is 13.3 Å². The van der Waals surface area contributed by atoms with E-state index >= 15 is 0 Å². The van der Waals surface area contributed by atoms with E-state index in [1.54, 1.807) is 12.3 Å². The molecule has 0 spiro atoms. The summed E-state index contributed by atoms with van der Waals surface area (Å²) in [5, 5.41) is 9.88. The maximum absolute atomic E-state index is 11.0. The van der Waals surface area contributed by atoms with Crippen molar-refractivity contribution >= 4 is 39.6 Å². The summed E-state index contributed by atoms with van der Waals surface area (Å²) in [7, 11) is 0. The van der Waals surface area contributed by atoms with Crippen molar-refractivity contribution in [2.45, 2.75) is 13.3 Å². The normalized spacial score (nSPS) is 11.1. The fourth-order valence-corrected chi connectivity index (χ4v) is 1.69. The molecule has 0 atom stereocenters. The van der Waals surface area contributed by atoms with Crippen molar-refractivity contribution in [3.63, 3.8) is 0 Å². The van der Waals surface area contributed by atoms with E-state index in [0.29, 0.717) is 16.8 Å². The predicted molar refractivity (Wildman–Crippen MR) is 58.4 cm³/mol. The number of hydrogen-bond acceptors (Lipinski definition) is 4. The van der Waals surface area contributed by atoms with Crippen molar-refractivity contribution < 1.29 is 19.4 Å². The Hall–Kier alpha value is -0.490. The number of aliphatic carboxylic acids is 1. The third-order valence-corrected chi connectivity index (χ3v) is 2.79. The van der Waals surface area contributed by atoms with E-state index in [-0.39, 0.29) is 6.42 Å². The van der Waals surface area contributed by atoms with Gasteiger partial charge < -0.3 is 9.84 Å². The predicted octanol–water partition coefficient (Wildman–Crippen LogP) is 1.99. The number of hydrogen-bond donors (Lipinski definition) is 1. The van der Waals surface area contributed by atoms with Gasteiger partial charge in [0.1, 0.15) is 4.48 Å². The van der Waals surface area contributed by atoms with Gasteiger partial charge in [-0.1, -0.05) is 0 Å². The second kappa shape index (κ2) is 7.87. The van der Waals surface area contributed by atoms with E-state index in [9.17, 15) is 9.59 Å². The van der Waals surface area contributed by atoms with Crippen LogP contribution in [0.4, 0.5) is 0 Å². The number of rotatable bonds is 6. The highest BCUT2D eigenvalue weighted by Gasteiger charge is 2.05. The molecular weight excluding hydrogens is 272 g/mol. The molecule has 0 aromatic heterocycles. The Balaban J connectivity index is 3.76. The lowest BCUT2D eigenvalue weighted by Crippen LogP contribution is -2.03. The first kappa shape index (κ1) is 13.5. The van der Waals surface area contributed by atoms with Gasteiger partial charge in [0.15, 0.2) is 0 Å². The monoisotopic (exact) mass is 282 g/mol. The molecule has 0 aromatic carbocycles. The summed E-state index contributed by atoms with van der Waals surface area (Å²) in [6.07, 6.45) is 0.0737. The van der Waals surface area contributed by atoms with Crippen LogP contribution in [0, 0.1) is 0 Å². The number of carboxylic acids is 1. The van der Waals surface area contributed by atoms with Crippen molar-refractivity contribution in [2.75, 3.05) is 12.4 Å². The molecule has 0 saturated heterocycles. The van der Waals surface area contributed by atoms with E-state index in [2.05, 4.69) is 15.9 Å². The first-order chi connectivity index (χ1) is 6.57. The number of esters is 1. The van der Waals surface area contributed by atoms with Crippen molar-refractivity contribution in [3.8, 4) is 0 Å². The van der Waals surface area contributed by atoms with Gasteiger partial charge in [0, 0.05) is 5.75 Å². The van der Waals surface area contributed by atoms with Crippen LogP contribution in [0.3, 0.4) is 0 Å². The molecule has 0 aliphatic carbocycles. The quantitative estimate of drug-likeness (QED) is 0.459. The first-order valence-electron chi connectivity index (χ1n) is 3.94. The molecule has 0 aliphatic heterocycles. The summed E-state index contributed by atoms with van der Waals surface area (Å²) in [6, 6.07) is 0. The lowest BCUT2D eigenvalue weighted by Gasteiger charge is -1.99. The number of carbonyl (C=O) groups excluding carboxylic acids is 1. The maximum atomic E-state index is 11.0. The van der Waals surface area contributed by atoms with E-state index in [0.717, 1.165) is 0 Å². The zero-order valence-corrected chi connectivity index (χ0v) is 10.1. The van der Waals surface area contributed by atoms with Crippen LogP contribution < -0.4 is 0 Å². The molecule has 0 heterocycles. The molecule has 0 rings (SSSR count). The second-order valence-electron chi connectivity index (χ2n) is 2.20. The van der Waals surface area contributed by atoms with Crippen LogP contribution in [0.25, 0.3) is 0 Å². The van der Waals surface area contributed by atoms with E-state index < -0.39 is 11.9 Å². The van der Waals surface area contributed by atoms with E-state index in [4.69, 9.17) is 9.84 Å². The van der Waals surface area contributed by atoms with Gasteiger partial charge in [-0.15, -0.1) is 11.8 Å². The minimum absolute atomic E-state index is 0.0737. The highest BCUT2D eigenvalue weighted by atomic mass is 79.9. The SMILES string of the molecule is CCOC(=O)/C(Br)=C/SCCC(=O)O. The fraction of sp³-hybridized carbons (Fsp3) is 0.500. The summed E-state index contributed by atoms with van der Waals surface area (Å²) in [5.74, 6) is -0.849. The Morgan fingerprint density at radius 3 is 2.71 bits per heavy atom. The average molecular weight is 283 g/mol. The number of thioether (sulfide) groups is 1. The van der Waals surface area contributed by atoms with Gasteiger partial charge >= 0.3 is 11.9 Å². The zero-order valence-electron chi connectivity index (χ0n) is 7.66. The third-order valence-electron chi connectivity index (χ3n) is 1.09. The van der Waals surface area contributed by atoms with Crippen LogP contribution in [0.15, 0.2) is 9.89 Å². The molecule has 0 aromatic rings. The average Bonchev–Trinajstić information content (AvgIpc) is 2.12. The molecular formula is C8H11BrO4S. The maximum Gasteiger partial charge on any atom is 0.345 e. The van der Waals surface area contributed by atoms with Crippen LogP contribution >= 0.6 is 27.7 Å². The lowest BCUT2D eigenvalue weighted by atomic mass is 10.5. The molecule has 0 amide bonds. The fourth-order valence-electron chi connectivity index (χ4n) is 0.526. The van der Waals surface area contributed by atoms with Gasteiger partial charge in [-0.3, -0.25) is 4.79 Å². The summed E-state index contributed by atoms with van der Waals surface area (Å²) in [5.41, 5.74) is 0. The van der Waals surface area contributed by atoms with Crippen molar-refractivity contribution in [2.24, 2.45) is 0 Å². The second-order valence-corrected chi connectivity index (χ2v) is 4.03. The molecule has 6 heteroatoms. The first-order valence-corrected chi connectivity index (χ1v) is 5.78. The summed E-state index contributed by atoms with van der Waals surface area (Å²) >= 11 is 4.28. The number of carbonyl (C=O) groups is 2. The number of ether oxygens (including phenoxy) is 1. The van der Waals surface area contributed by atoms with Gasteiger partial charge in [0.2, 0.25) is 0 Å². The Kier molecular flexibility index (Phi) is 7.60. The molecule has 14 heavy (non-hydrogen) atoms. The molecule has 0 radical (unpaired) electrons. The molecule has 0 fully saturated rings. The molecule has 0 saturated carbocycles. The van der Waals surface area contributed by atoms with Gasteiger partial charge in [-0.25, -0.2) is 4.79 Å². The largest absolute Gasteiger partial charge is 0.481 e. The van der Waals surface area contributed by atoms with Crippen LogP contribution in [-0.2, 0) is 14.3 Å². The third kappa shape index (κ3) is 6.97. The summed E-state index contributed by atoms with van der Waals surface area (Å²) in [6.45, 7) is 2.04. The van der Waals surface area contributed by atoms with Crippen molar-refractivity contribution in [1.29, 1.82) is 0 Å². The Labute approximate surface area is 94.8 Å². The minimum Gasteiger partial charge on any atom is -0.481 e. The van der Waals surface area contributed by atoms with Crippen molar-refractivity contribution in [3.05, 3.63) is 9.89 Å². The lowest BCUT2D eigenvalue weighted by molar-refractivity contribution is -0.138. The van der Waals surface area contributed by atoms with Crippen LogP contribution in [0.2, 0.25) is 0 Å². The molecule has 80 valence electrons. The molecule has 1 N–H and O–H groups in total. The zero-order chi connectivity index (χ0) is 11.0. The highest BCUT2D eigenvalue weighted by molar-refractivity contribution is 9.12. The van der Waals surface area contributed by atoms with Crippen molar-refractivity contribution in [1.82, 2.24) is 0 Å². The summed E-state index contributed by atoms with van der Waals surface area (Å²) in [4.78, 5) is 21.1. The van der Waals surface area contributed by atoms with Gasteiger partial charge in [-0.2, -0.15) is 0 Å². The van der Waals surface area contributed by atoms with Gasteiger partial charge in [0.25, 0.3) is 0 Å². The van der Waals surface area contributed by atoms with Crippen LogP contribution in [0.5, 0.6) is 0 Å². The molecule has 0 aliphatic rings. The Morgan fingerprint density at radius 1 is 1.57 bits per heavy atom. The topological polar surface area (TPSA) is 63.6 Å². The Morgan fingerprint density at radius 2 is 2.21 bits per heavy atom. The number of halogens is 1. The summed E-state index contributed by atoms with van der Waals surface area (Å²) < 4.78 is 5.01. The molecule has 0 bridgehead atoms. The Bertz CT molecular complexity index is 239. The van der Waals surface area contributed by atoms with Crippen LogP contribution in [-0.4, -0.2) is 29.4 Å². The van der Waals surface area contributed by atoms with Gasteiger partial charge in [-0.05, 0) is 28.3 Å². The smallest absolute Gasteiger partial charge is 0.345 e. The highest BCUT2D eigenvalue weighted by Crippen LogP contribution is 2.15.